The maximum Gasteiger partial charge on any atom is 0.317 e. The zero-order valence-electron chi connectivity index (χ0n) is 15.9. The number of nitrogens with zero attached hydrogens (tertiary/aromatic N) is 1. The van der Waals surface area contributed by atoms with E-state index in [4.69, 9.17) is 4.74 Å². The number of phenols is 1. The first kappa shape index (κ1) is 18.8. The van der Waals surface area contributed by atoms with Crippen molar-refractivity contribution in [2.75, 3.05) is 26.2 Å². The number of para-hydroxylation sites is 1. The lowest BCUT2D eigenvalue weighted by atomic mass is 9.99. The number of aryl methyl sites for hydroxylation is 2. The van der Waals surface area contributed by atoms with E-state index in [0.29, 0.717) is 26.2 Å². The molecule has 1 aliphatic rings. The SMILES string of the molecule is Cc1cccc(C)c1OCCNC(=O)N1CC=C(c2ccc(O)cc2)CC1. The van der Waals surface area contributed by atoms with Crippen LogP contribution in [-0.4, -0.2) is 42.3 Å². The highest BCUT2D eigenvalue weighted by Gasteiger charge is 2.17. The minimum atomic E-state index is -0.0684. The number of ether oxygens (including phenoxy) is 1. The highest BCUT2D eigenvalue weighted by atomic mass is 16.5. The van der Waals surface area contributed by atoms with E-state index >= 15 is 0 Å². The van der Waals surface area contributed by atoms with Gasteiger partial charge in [0.25, 0.3) is 0 Å². The van der Waals surface area contributed by atoms with Crippen LogP contribution in [0.1, 0.15) is 23.1 Å². The molecule has 3 rings (SSSR count). The summed E-state index contributed by atoms with van der Waals surface area (Å²) in [6.45, 7) is 6.22. The average Bonchev–Trinajstić information content (AvgIpc) is 2.67. The second-order valence-electron chi connectivity index (χ2n) is 6.77. The second-order valence-corrected chi connectivity index (χ2v) is 6.77. The Morgan fingerprint density at radius 3 is 2.48 bits per heavy atom. The molecule has 142 valence electrons. The molecule has 5 nitrogen and oxygen atoms in total. The Hall–Kier alpha value is -2.95. The molecule has 5 heteroatoms. The van der Waals surface area contributed by atoms with Crippen LogP contribution < -0.4 is 10.1 Å². The van der Waals surface area contributed by atoms with Gasteiger partial charge in [0.05, 0.1) is 6.54 Å². The van der Waals surface area contributed by atoms with Gasteiger partial charge in [-0.05, 0) is 54.7 Å². The van der Waals surface area contributed by atoms with Gasteiger partial charge in [-0.3, -0.25) is 0 Å². The Kier molecular flexibility index (Phi) is 6.01. The van der Waals surface area contributed by atoms with Crippen molar-refractivity contribution in [1.82, 2.24) is 10.2 Å². The molecule has 0 unspecified atom stereocenters. The van der Waals surface area contributed by atoms with E-state index in [-0.39, 0.29) is 11.8 Å². The van der Waals surface area contributed by atoms with E-state index in [9.17, 15) is 9.90 Å². The average molecular weight is 366 g/mol. The van der Waals surface area contributed by atoms with Crippen molar-refractivity contribution in [3.05, 3.63) is 65.2 Å². The second kappa shape index (κ2) is 8.62. The van der Waals surface area contributed by atoms with Crippen LogP contribution >= 0.6 is 0 Å². The third-order valence-corrected chi connectivity index (χ3v) is 4.77. The molecular weight excluding hydrogens is 340 g/mol. The van der Waals surface area contributed by atoms with Crippen LogP contribution in [0.15, 0.2) is 48.5 Å². The first-order valence-electron chi connectivity index (χ1n) is 9.25. The van der Waals surface area contributed by atoms with E-state index < -0.39 is 0 Å². The normalized spacial score (nSPS) is 13.9. The predicted octanol–water partition coefficient (Wildman–Crippen LogP) is 3.89. The van der Waals surface area contributed by atoms with Gasteiger partial charge in [0, 0.05) is 13.1 Å². The van der Waals surface area contributed by atoms with E-state index in [0.717, 1.165) is 28.9 Å². The molecule has 1 aliphatic heterocycles. The summed E-state index contributed by atoms with van der Waals surface area (Å²) in [5, 5.41) is 12.3. The van der Waals surface area contributed by atoms with E-state index in [1.807, 2.05) is 44.2 Å². The van der Waals surface area contributed by atoms with Crippen molar-refractivity contribution in [3.63, 3.8) is 0 Å². The monoisotopic (exact) mass is 366 g/mol. The number of hydrogen-bond donors (Lipinski definition) is 2. The van der Waals surface area contributed by atoms with Crippen molar-refractivity contribution in [1.29, 1.82) is 0 Å². The number of carbonyl (C=O) groups is 1. The van der Waals surface area contributed by atoms with Gasteiger partial charge in [-0.2, -0.15) is 0 Å². The summed E-state index contributed by atoms with van der Waals surface area (Å²) in [7, 11) is 0. The number of aromatic hydroxyl groups is 1. The molecule has 0 fully saturated rings. The number of amides is 2. The van der Waals surface area contributed by atoms with Gasteiger partial charge in [0.1, 0.15) is 18.1 Å². The van der Waals surface area contributed by atoms with Gasteiger partial charge in [0.15, 0.2) is 0 Å². The fraction of sp³-hybridized carbons (Fsp3) is 0.318. The first-order valence-corrected chi connectivity index (χ1v) is 9.25. The lowest BCUT2D eigenvalue weighted by Crippen LogP contribution is -2.43. The minimum Gasteiger partial charge on any atom is -0.508 e. The van der Waals surface area contributed by atoms with Crippen molar-refractivity contribution < 1.29 is 14.6 Å². The maximum absolute atomic E-state index is 12.3. The molecule has 0 spiro atoms. The third kappa shape index (κ3) is 4.82. The zero-order chi connectivity index (χ0) is 19.2. The molecule has 0 atom stereocenters. The molecule has 2 N–H and O–H groups in total. The molecule has 2 aromatic carbocycles. The quantitative estimate of drug-likeness (QED) is 0.789. The standard InChI is InChI=1S/C22H26N2O3/c1-16-4-3-5-17(2)21(16)27-15-12-23-22(26)24-13-10-19(11-14-24)18-6-8-20(25)9-7-18/h3-10,25H,11-15H2,1-2H3,(H,23,26). The summed E-state index contributed by atoms with van der Waals surface area (Å²) in [4.78, 5) is 14.1. The van der Waals surface area contributed by atoms with Crippen molar-refractivity contribution in [2.45, 2.75) is 20.3 Å². The largest absolute Gasteiger partial charge is 0.508 e. The van der Waals surface area contributed by atoms with E-state index in [1.54, 1.807) is 17.0 Å². The number of rotatable bonds is 5. The highest BCUT2D eigenvalue weighted by Crippen LogP contribution is 2.24. The zero-order valence-corrected chi connectivity index (χ0v) is 15.9. The lowest BCUT2D eigenvalue weighted by molar-refractivity contribution is 0.199. The minimum absolute atomic E-state index is 0.0684. The van der Waals surface area contributed by atoms with Crippen molar-refractivity contribution in [2.24, 2.45) is 0 Å². The van der Waals surface area contributed by atoms with Crippen LogP contribution in [-0.2, 0) is 0 Å². The molecule has 0 aromatic heterocycles. The first-order chi connectivity index (χ1) is 13.0. The molecule has 0 bridgehead atoms. The number of benzene rings is 2. The molecule has 0 radical (unpaired) electrons. The van der Waals surface area contributed by atoms with Crippen LogP contribution in [0.4, 0.5) is 4.79 Å². The maximum atomic E-state index is 12.3. The predicted molar refractivity (Wildman–Crippen MR) is 107 cm³/mol. The molecular formula is C22H26N2O3. The van der Waals surface area contributed by atoms with Crippen LogP contribution in [0.3, 0.4) is 0 Å². The fourth-order valence-electron chi connectivity index (χ4n) is 3.24. The number of nitrogens with one attached hydrogen (secondary N) is 1. The number of carbonyl (C=O) groups excluding carboxylic acids is 1. The molecule has 2 aromatic rings. The summed E-state index contributed by atoms with van der Waals surface area (Å²) < 4.78 is 5.82. The van der Waals surface area contributed by atoms with Crippen LogP contribution in [0.2, 0.25) is 0 Å². The Morgan fingerprint density at radius 2 is 1.85 bits per heavy atom. The smallest absolute Gasteiger partial charge is 0.317 e. The van der Waals surface area contributed by atoms with Gasteiger partial charge in [-0.25, -0.2) is 4.79 Å². The van der Waals surface area contributed by atoms with E-state index in [1.165, 1.54) is 5.57 Å². The lowest BCUT2D eigenvalue weighted by Gasteiger charge is -2.27. The van der Waals surface area contributed by atoms with Gasteiger partial charge in [-0.15, -0.1) is 0 Å². The van der Waals surface area contributed by atoms with Gasteiger partial charge in [0.2, 0.25) is 0 Å². The summed E-state index contributed by atoms with van der Waals surface area (Å²) in [6.07, 6.45) is 2.87. The van der Waals surface area contributed by atoms with Crippen LogP contribution in [0.5, 0.6) is 11.5 Å². The molecule has 27 heavy (non-hydrogen) atoms. The summed E-state index contributed by atoms with van der Waals surface area (Å²) >= 11 is 0. The van der Waals surface area contributed by atoms with Gasteiger partial charge >= 0.3 is 6.03 Å². The number of hydrogen-bond acceptors (Lipinski definition) is 3. The Balaban J connectivity index is 1.45. The molecule has 0 saturated heterocycles. The van der Waals surface area contributed by atoms with Crippen molar-refractivity contribution >= 4 is 11.6 Å². The van der Waals surface area contributed by atoms with Crippen molar-refractivity contribution in [3.8, 4) is 11.5 Å². The van der Waals surface area contributed by atoms with Crippen LogP contribution in [0.25, 0.3) is 5.57 Å². The van der Waals surface area contributed by atoms with E-state index in [2.05, 4.69) is 11.4 Å². The number of urea groups is 1. The summed E-state index contributed by atoms with van der Waals surface area (Å²) in [5.41, 5.74) is 4.50. The number of phenolic OH excluding ortho intramolecular Hbond substituents is 1. The Labute approximate surface area is 160 Å². The topological polar surface area (TPSA) is 61.8 Å². The molecule has 0 saturated carbocycles. The summed E-state index contributed by atoms with van der Waals surface area (Å²) in [5.74, 6) is 1.16. The van der Waals surface area contributed by atoms with Crippen LogP contribution in [0, 0.1) is 13.8 Å². The Morgan fingerprint density at radius 1 is 1.15 bits per heavy atom. The molecule has 1 heterocycles. The third-order valence-electron chi connectivity index (χ3n) is 4.77. The Bertz CT molecular complexity index is 808. The van der Waals surface area contributed by atoms with Gasteiger partial charge < -0.3 is 20.1 Å². The molecule has 2 amide bonds. The fourth-order valence-corrected chi connectivity index (χ4v) is 3.24. The van der Waals surface area contributed by atoms with Gasteiger partial charge in [-0.1, -0.05) is 36.4 Å². The summed E-state index contributed by atoms with van der Waals surface area (Å²) in [6, 6.07) is 13.2. The highest BCUT2D eigenvalue weighted by molar-refractivity contribution is 5.76. The molecule has 0 aliphatic carbocycles.